The minimum Gasteiger partial charge on any atom is -0.336 e. The quantitative estimate of drug-likeness (QED) is 0.628. The number of benzene rings is 1. The number of aromatic nitrogens is 3. The van der Waals surface area contributed by atoms with Gasteiger partial charge in [-0.25, -0.2) is 4.98 Å². The summed E-state index contributed by atoms with van der Waals surface area (Å²) in [7, 11) is 1.86. The maximum absolute atomic E-state index is 13.6. The lowest BCUT2D eigenvalue weighted by molar-refractivity contribution is -0.117. The molecule has 2 amide bonds. The maximum Gasteiger partial charge on any atom is 0.254 e. The summed E-state index contributed by atoms with van der Waals surface area (Å²) < 4.78 is 1.75. The number of nitrogens with zero attached hydrogens (tertiary/aromatic N) is 5. The molecule has 8 heteroatoms. The third-order valence-corrected chi connectivity index (χ3v) is 6.72. The summed E-state index contributed by atoms with van der Waals surface area (Å²) in [6, 6.07) is 7.84. The number of rotatable bonds is 5. The lowest BCUT2D eigenvalue weighted by Crippen LogP contribution is -2.50. The first-order chi connectivity index (χ1) is 16.2. The van der Waals surface area contributed by atoms with Gasteiger partial charge in [0.1, 0.15) is 0 Å². The number of hydrogen-bond donors (Lipinski definition) is 1. The first kappa shape index (κ1) is 23.9. The largest absolute Gasteiger partial charge is 0.336 e. The Morgan fingerprint density at radius 3 is 2.47 bits per heavy atom. The average Bonchev–Trinajstić information content (AvgIpc) is 3.09. The molecular formula is C26H34N6O2. The molecule has 1 fully saturated rings. The fourth-order valence-corrected chi connectivity index (χ4v) is 4.49. The van der Waals surface area contributed by atoms with Crippen LogP contribution in [0.5, 0.6) is 0 Å². The van der Waals surface area contributed by atoms with Crippen LogP contribution in [0, 0.1) is 20.8 Å². The third-order valence-electron chi connectivity index (χ3n) is 6.72. The zero-order chi connectivity index (χ0) is 24.6. The molecule has 2 aromatic heterocycles. The van der Waals surface area contributed by atoms with E-state index in [9.17, 15) is 9.59 Å². The van der Waals surface area contributed by atoms with Crippen molar-refractivity contribution in [3.05, 3.63) is 52.3 Å². The highest BCUT2D eigenvalue weighted by atomic mass is 16.2. The average molecular weight is 463 g/mol. The highest BCUT2D eigenvalue weighted by Gasteiger charge is 2.27. The SMILES string of the molecule is Cc1cccc(NC(=O)CN2CCN(C(=O)c3cc(C(C)C)nc4c3c(C)nn4C)CC2)c1C. The molecule has 0 unspecified atom stereocenters. The number of pyridine rings is 1. The number of nitrogens with one attached hydrogen (secondary N) is 1. The normalized spacial score (nSPS) is 14.7. The minimum atomic E-state index is -0.0307. The molecule has 3 aromatic rings. The Labute approximate surface area is 200 Å². The molecule has 1 N–H and O–H groups in total. The Morgan fingerprint density at radius 2 is 1.79 bits per heavy atom. The van der Waals surface area contributed by atoms with E-state index in [0.29, 0.717) is 38.3 Å². The molecule has 0 radical (unpaired) electrons. The van der Waals surface area contributed by atoms with Crippen molar-refractivity contribution < 1.29 is 9.59 Å². The van der Waals surface area contributed by atoms with Crippen molar-refractivity contribution in [1.29, 1.82) is 0 Å². The number of carbonyl (C=O) groups is 2. The van der Waals surface area contributed by atoms with E-state index in [1.165, 1.54) is 0 Å². The van der Waals surface area contributed by atoms with Gasteiger partial charge < -0.3 is 10.2 Å². The Morgan fingerprint density at radius 1 is 1.09 bits per heavy atom. The van der Waals surface area contributed by atoms with Crippen molar-refractivity contribution in [3.63, 3.8) is 0 Å². The van der Waals surface area contributed by atoms with Gasteiger partial charge in [-0.2, -0.15) is 5.10 Å². The Bertz CT molecular complexity index is 1240. The topological polar surface area (TPSA) is 83.4 Å². The van der Waals surface area contributed by atoms with Crippen molar-refractivity contribution in [3.8, 4) is 0 Å². The van der Waals surface area contributed by atoms with Crippen molar-refractivity contribution in [1.82, 2.24) is 24.6 Å². The first-order valence-electron chi connectivity index (χ1n) is 11.9. The van der Waals surface area contributed by atoms with E-state index in [2.05, 4.69) is 29.2 Å². The summed E-state index contributed by atoms with van der Waals surface area (Å²) in [6.45, 7) is 12.9. The van der Waals surface area contributed by atoms with Gasteiger partial charge in [0.15, 0.2) is 5.65 Å². The molecule has 0 aliphatic carbocycles. The van der Waals surface area contributed by atoms with Crippen LogP contribution in [0.2, 0.25) is 0 Å². The molecule has 4 rings (SSSR count). The summed E-state index contributed by atoms with van der Waals surface area (Å²) in [5.74, 6) is 0.181. The molecular weight excluding hydrogens is 428 g/mol. The number of aryl methyl sites for hydroxylation is 3. The summed E-state index contributed by atoms with van der Waals surface area (Å²) in [5.41, 5.74) is 6.20. The number of amides is 2. The monoisotopic (exact) mass is 462 g/mol. The third kappa shape index (κ3) is 4.68. The summed E-state index contributed by atoms with van der Waals surface area (Å²) >= 11 is 0. The molecule has 0 saturated carbocycles. The van der Waals surface area contributed by atoms with Crippen LogP contribution in [0.15, 0.2) is 24.3 Å². The van der Waals surface area contributed by atoms with Crippen LogP contribution in [0.1, 0.15) is 52.6 Å². The van der Waals surface area contributed by atoms with Gasteiger partial charge in [-0.3, -0.25) is 19.2 Å². The highest BCUT2D eigenvalue weighted by molar-refractivity contribution is 6.06. The summed E-state index contributed by atoms with van der Waals surface area (Å²) in [6.07, 6.45) is 0. The molecule has 1 aliphatic heterocycles. The molecule has 1 aromatic carbocycles. The first-order valence-corrected chi connectivity index (χ1v) is 11.9. The van der Waals surface area contributed by atoms with E-state index in [4.69, 9.17) is 4.98 Å². The molecule has 34 heavy (non-hydrogen) atoms. The van der Waals surface area contributed by atoms with E-state index in [0.717, 1.165) is 39.2 Å². The van der Waals surface area contributed by atoms with Gasteiger partial charge in [0.25, 0.3) is 5.91 Å². The molecule has 0 atom stereocenters. The lowest BCUT2D eigenvalue weighted by atomic mass is 10.0. The molecule has 180 valence electrons. The zero-order valence-corrected chi connectivity index (χ0v) is 21.0. The standard InChI is InChI=1S/C26H34N6O2/c1-16(2)22-14-20(24-19(5)29-30(6)25(24)28-22)26(34)32-12-10-31(11-13-32)15-23(33)27-21-9-7-8-17(3)18(21)4/h7-9,14,16H,10-13,15H2,1-6H3,(H,27,33). The van der Waals surface area contributed by atoms with Crippen LogP contribution >= 0.6 is 0 Å². The van der Waals surface area contributed by atoms with Gasteiger partial charge in [-0.1, -0.05) is 26.0 Å². The van der Waals surface area contributed by atoms with Crippen LogP contribution in [-0.2, 0) is 11.8 Å². The smallest absolute Gasteiger partial charge is 0.254 e. The van der Waals surface area contributed by atoms with E-state index in [1.54, 1.807) is 4.68 Å². The maximum atomic E-state index is 13.6. The van der Waals surface area contributed by atoms with Crippen LogP contribution in [0.3, 0.4) is 0 Å². The predicted molar refractivity (Wildman–Crippen MR) is 134 cm³/mol. The molecule has 1 saturated heterocycles. The van der Waals surface area contributed by atoms with Crippen LogP contribution in [0.25, 0.3) is 11.0 Å². The van der Waals surface area contributed by atoms with Crippen molar-refractivity contribution in [2.75, 3.05) is 38.0 Å². The molecule has 1 aliphatic rings. The Hall–Kier alpha value is -3.26. The van der Waals surface area contributed by atoms with Crippen LogP contribution < -0.4 is 5.32 Å². The van der Waals surface area contributed by atoms with Gasteiger partial charge in [0.2, 0.25) is 5.91 Å². The second-order valence-electron chi connectivity index (χ2n) is 9.52. The molecule has 0 bridgehead atoms. The summed E-state index contributed by atoms with van der Waals surface area (Å²) in [5, 5.41) is 8.35. The number of piperazine rings is 1. The van der Waals surface area contributed by atoms with E-state index >= 15 is 0 Å². The number of anilines is 1. The lowest BCUT2D eigenvalue weighted by Gasteiger charge is -2.34. The number of carbonyl (C=O) groups excluding carboxylic acids is 2. The van der Waals surface area contributed by atoms with Gasteiger partial charge in [0.05, 0.1) is 23.2 Å². The fourth-order valence-electron chi connectivity index (χ4n) is 4.49. The van der Waals surface area contributed by atoms with Crippen LogP contribution in [0.4, 0.5) is 5.69 Å². The fraction of sp³-hybridized carbons (Fsp3) is 0.462. The van der Waals surface area contributed by atoms with E-state index < -0.39 is 0 Å². The zero-order valence-electron chi connectivity index (χ0n) is 21.0. The predicted octanol–water partition coefficient (Wildman–Crippen LogP) is 3.41. The Kier molecular flexibility index (Phi) is 6.70. The van der Waals surface area contributed by atoms with Gasteiger partial charge in [-0.05, 0) is 49.9 Å². The van der Waals surface area contributed by atoms with E-state index in [-0.39, 0.29) is 17.7 Å². The van der Waals surface area contributed by atoms with Crippen LogP contribution in [-0.4, -0.2) is 69.1 Å². The van der Waals surface area contributed by atoms with Gasteiger partial charge in [0, 0.05) is 44.6 Å². The molecule has 0 spiro atoms. The van der Waals surface area contributed by atoms with Gasteiger partial charge in [-0.15, -0.1) is 0 Å². The van der Waals surface area contributed by atoms with Gasteiger partial charge >= 0.3 is 0 Å². The van der Waals surface area contributed by atoms with E-state index in [1.807, 2.05) is 57.0 Å². The second kappa shape index (κ2) is 9.54. The molecule has 8 nitrogen and oxygen atoms in total. The van der Waals surface area contributed by atoms with Crippen molar-refractivity contribution >= 4 is 28.5 Å². The minimum absolute atomic E-state index is 0.00453. The second-order valence-corrected chi connectivity index (χ2v) is 9.52. The number of hydrogen-bond acceptors (Lipinski definition) is 5. The number of fused-ring (bicyclic) bond motifs is 1. The van der Waals surface area contributed by atoms with Crippen molar-refractivity contribution in [2.45, 2.75) is 40.5 Å². The Balaban J connectivity index is 1.43. The highest BCUT2D eigenvalue weighted by Crippen LogP contribution is 2.26. The summed E-state index contributed by atoms with van der Waals surface area (Å²) in [4.78, 5) is 34.9. The van der Waals surface area contributed by atoms with Crippen molar-refractivity contribution in [2.24, 2.45) is 7.05 Å². The molecule has 3 heterocycles.